The molecule has 0 radical (unpaired) electrons. The summed E-state index contributed by atoms with van der Waals surface area (Å²) in [6, 6.07) is 0. The average molecular weight is 242 g/mol. The number of carbonyl (C=O) groups excluding carboxylic acids is 1. The van der Waals surface area contributed by atoms with Gasteiger partial charge in [-0.15, -0.1) is 0 Å². The molecule has 0 unspecified atom stereocenters. The van der Waals surface area contributed by atoms with Crippen molar-refractivity contribution in [1.82, 2.24) is 10.2 Å². The zero-order valence-corrected chi connectivity index (χ0v) is 11.2. The Bertz CT molecular complexity index is 215. The molecule has 0 aliphatic carbocycles. The van der Waals surface area contributed by atoms with Gasteiger partial charge in [-0.25, -0.2) is 0 Å². The molecular formula is C13H26N2O2. The van der Waals surface area contributed by atoms with Crippen LogP contribution in [0.5, 0.6) is 0 Å². The Morgan fingerprint density at radius 3 is 2.71 bits per heavy atom. The summed E-state index contributed by atoms with van der Waals surface area (Å²) in [5.41, 5.74) is 0. The quantitative estimate of drug-likeness (QED) is 0.686. The number of amides is 1. The van der Waals surface area contributed by atoms with Crippen LogP contribution in [-0.4, -0.2) is 50.2 Å². The van der Waals surface area contributed by atoms with E-state index in [1.165, 1.54) is 12.8 Å². The maximum absolute atomic E-state index is 11.8. The second kappa shape index (κ2) is 8.48. The van der Waals surface area contributed by atoms with Crippen molar-refractivity contribution in [3.8, 4) is 0 Å². The van der Waals surface area contributed by atoms with Crippen molar-refractivity contribution < 1.29 is 9.53 Å². The van der Waals surface area contributed by atoms with E-state index in [2.05, 4.69) is 12.2 Å². The molecule has 0 aromatic rings. The smallest absolute Gasteiger partial charge is 0.248 e. The predicted molar refractivity (Wildman–Crippen MR) is 69.0 cm³/mol. The highest BCUT2D eigenvalue weighted by atomic mass is 16.5. The first-order valence-corrected chi connectivity index (χ1v) is 6.80. The predicted octanol–water partition coefficient (Wildman–Crippen LogP) is 1.40. The summed E-state index contributed by atoms with van der Waals surface area (Å²) < 4.78 is 5.64. The summed E-state index contributed by atoms with van der Waals surface area (Å²) in [4.78, 5) is 13.6. The van der Waals surface area contributed by atoms with Gasteiger partial charge in [0, 0.05) is 13.6 Å². The van der Waals surface area contributed by atoms with Gasteiger partial charge in [0.2, 0.25) is 5.91 Å². The molecule has 0 spiro atoms. The SMILES string of the molecule is CCCCCN(C)C(=O)COC1CCNCC1. The summed E-state index contributed by atoms with van der Waals surface area (Å²) in [5.74, 6) is 0.111. The third-order valence-corrected chi connectivity index (χ3v) is 3.25. The highest BCUT2D eigenvalue weighted by Crippen LogP contribution is 2.07. The van der Waals surface area contributed by atoms with Crippen LogP contribution in [0.1, 0.15) is 39.0 Å². The first kappa shape index (κ1) is 14.5. The molecule has 4 heteroatoms. The Kier molecular flexibility index (Phi) is 7.21. The lowest BCUT2D eigenvalue weighted by Gasteiger charge is -2.24. The van der Waals surface area contributed by atoms with Crippen molar-refractivity contribution in [2.75, 3.05) is 33.3 Å². The minimum atomic E-state index is 0.111. The molecule has 0 aromatic carbocycles. The van der Waals surface area contributed by atoms with Crippen LogP contribution in [0.4, 0.5) is 0 Å². The van der Waals surface area contributed by atoms with Crippen LogP contribution in [-0.2, 0) is 9.53 Å². The van der Waals surface area contributed by atoms with Crippen molar-refractivity contribution in [3.05, 3.63) is 0 Å². The largest absolute Gasteiger partial charge is 0.368 e. The summed E-state index contributed by atoms with van der Waals surface area (Å²) in [6.07, 6.45) is 5.77. The highest BCUT2D eigenvalue weighted by Gasteiger charge is 2.16. The molecule has 0 aromatic heterocycles. The normalized spacial score (nSPS) is 17.1. The lowest BCUT2D eigenvalue weighted by atomic mass is 10.1. The van der Waals surface area contributed by atoms with E-state index in [0.29, 0.717) is 0 Å². The summed E-state index contributed by atoms with van der Waals surface area (Å²) in [6.45, 7) is 5.27. The number of nitrogens with one attached hydrogen (secondary N) is 1. The third kappa shape index (κ3) is 6.03. The van der Waals surface area contributed by atoms with Gasteiger partial charge >= 0.3 is 0 Å². The van der Waals surface area contributed by atoms with Crippen LogP contribution in [0.25, 0.3) is 0 Å². The number of nitrogens with zero attached hydrogens (tertiary/aromatic N) is 1. The van der Waals surface area contributed by atoms with Crippen LogP contribution in [0.3, 0.4) is 0 Å². The molecule has 1 amide bonds. The second-order valence-corrected chi connectivity index (χ2v) is 4.78. The van der Waals surface area contributed by atoms with Crippen LogP contribution in [0.15, 0.2) is 0 Å². The van der Waals surface area contributed by atoms with Crippen LogP contribution >= 0.6 is 0 Å². The summed E-state index contributed by atoms with van der Waals surface area (Å²) in [7, 11) is 1.86. The van der Waals surface area contributed by atoms with Crippen LogP contribution in [0.2, 0.25) is 0 Å². The van der Waals surface area contributed by atoms with Crippen molar-refractivity contribution in [2.45, 2.75) is 45.1 Å². The van der Waals surface area contributed by atoms with Gasteiger partial charge in [-0.3, -0.25) is 4.79 Å². The molecule has 0 atom stereocenters. The lowest BCUT2D eigenvalue weighted by molar-refractivity contribution is -0.137. The van der Waals surface area contributed by atoms with Gasteiger partial charge < -0.3 is 15.0 Å². The second-order valence-electron chi connectivity index (χ2n) is 4.78. The molecule has 1 aliphatic heterocycles. The van der Waals surface area contributed by atoms with Crippen molar-refractivity contribution in [1.29, 1.82) is 0 Å². The molecule has 1 rings (SSSR count). The number of carbonyl (C=O) groups is 1. The van der Waals surface area contributed by atoms with E-state index < -0.39 is 0 Å². The van der Waals surface area contributed by atoms with Gasteiger partial charge in [0.15, 0.2) is 0 Å². The van der Waals surface area contributed by atoms with E-state index in [-0.39, 0.29) is 18.6 Å². The standard InChI is InChI=1S/C13H26N2O2/c1-3-4-5-10-15(2)13(16)11-17-12-6-8-14-9-7-12/h12,14H,3-11H2,1-2H3. The van der Waals surface area contributed by atoms with Crippen molar-refractivity contribution in [3.63, 3.8) is 0 Å². The highest BCUT2D eigenvalue weighted by molar-refractivity contribution is 5.77. The lowest BCUT2D eigenvalue weighted by Crippen LogP contribution is -2.36. The van der Waals surface area contributed by atoms with Gasteiger partial charge in [0.25, 0.3) is 0 Å². The topological polar surface area (TPSA) is 41.6 Å². The maximum Gasteiger partial charge on any atom is 0.248 e. The molecule has 17 heavy (non-hydrogen) atoms. The number of hydrogen-bond donors (Lipinski definition) is 1. The first-order valence-electron chi connectivity index (χ1n) is 6.80. The Morgan fingerprint density at radius 2 is 2.06 bits per heavy atom. The number of hydrogen-bond acceptors (Lipinski definition) is 3. The van der Waals surface area contributed by atoms with Crippen molar-refractivity contribution in [2.24, 2.45) is 0 Å². The Balaban J connectivity index is 2.10. The van der Waals surface area contributed by atoms with Gasteiger partial charge in [-0.2, -0.15) is 0 Å². The van der Waals surface area contributed by atoms with E-state index in [9.17, 15) is 4.79 Å². The van der Waals surface area contributed by atoms with E-state index in [1.54, 1.807) is 4.90 Å². The minimum Gasteiger partial charge on any atom is -0.368 e. The molecule has 1 saturated heterocycles. The fourth-order valence-corrected chi connectivity index (χ4v) is 1.99. The number of ether oxygens (including phenoxy) is 1. The monoisotopic (exact) mass is 242 g/mol. The van der Waals surface area contributed by atoms with Crippen molar-refractivity contribution >= 4 is 5.91 Å². The Labute approximate surface area is 105 Å². The van der Waals surface area contributed by atoms with Crippen LogP contribution in [0, 0.1) is 0 Å². The number of unbranched alkanes of at least 4 members (excludes halogenated alkanes) is 2. The number of rotatable bonds is 7. The minimum absolute atomic E-state index is 0.111. The molecule has 100 valence electrons. The molecule has 1 heterocycles. The van der Waals surface area contributed by atoms with Crippen LogP contribution < -0.4 is 5.32 Å². The number of piperidine rings is 1. The van der Waals surface area contributed by atoms with E-state index in [1.807, 2.05) is 7.05 Å². The molecule has 4 nitrogen and oxygen atoms in total. The van der Waals surface area contributed by atoms with Gasteiger partial charge in [-0.05, 0) is 32.4 Å². The fourth-order valence-electron chi connectivity index (χ4n) is 1.99. The molecule has 1 N–H and O–H groups in total. The number of likely N-dealkylation sites (N-methyl/N-ethyl adjacent to an activating group) is 1. The van der Waals surface area contributed by atoms with Gasteiger partial charge in [-0.1, -0.05) is 19.8 Å². The average Bonchev–Trinajstić information content (AvgIpc) is 2.37. The van der Waals surface area contributed by atoms with Gasteiger partial charge in [0.05, 0.1) is 6.10 Å². The molecular weight excluding hydrogens is 216 g/mol. The Hall–Kier alpha value is -0.610. The van der Waals surface area contributed by atoms with Gasteiger partial charge in [0.1, 0.15) is 6.61 Å². The molecule has 0 bridgehead atoms. The van der Waals surface area contributed by atoms with E-state index in [0.717, 1.165) is 38.9 Å². The first-order chi connectivity index (χ1) is 8.24. The molecule has 1 aliphatic rings. The maximum atomic E-state index is 11.8. The summed E-state index contributed by atoms with van der Waals surface area (Å²) >= 11 is 0. The zero-order chi connectivity index (χ0) is 12.5. The molecule has 1 fully saturated rings. The fraction of sp³-hybridized carbons (Fsp3) is 0.923. The zero-order valence-electron chi connectivity index (χ0n) is 11.2. The third-order valence-electron chi connectivity index (χ3n) is 3.25. The van der Waals surface area contributed by atoms with E-state index >= 15 is 0 Å². The van der Waals surface area contributed by atoms with E-state index in [4.69, 9.17) is 4.74 Å². The summed E-state index contributed by atoms with van der Waals surface area (Å²) in [5, 5.41) is 3.28. The molecule has 0 saturated carbocycles. The Morgan fingerprint density at radius 1 is 1.35 bits per heavy atom.